The van der Waals surface area contributed by atoms with Crippen LogP contribution < -0.4 is 0 Å². The summed E-state index contributed by atoms with van der Waals surface area (Å²) >= 11 is 0. The van der Waals surface area contributed by atoms with Gasteiger partial charge in [0, 0.05) is 11.8 Å². The second kappa shape index (κ2) is 6.87. The van der Waals surface area contributed by atoms with Crippen LogP contribution in [0, 0.1) is 5.82 Å². The predicted octanol–water partition coefficient (Wildman–Crippen LogP) is 4.94. The van der Waals surface area contributed by atoms with Gasteiger partial charge in [-0.05, 0) is 47.5 Å². The van der Waals surface area contributed by atoms with E-state index in [1.807, 2.05) is 30.3 Å². The molecular formula is C20H14FNO2. The summed E-state index contributed by atoms with van der Waals surface area (Å²) in [5, 5.41) is 9.35. The van der Waals surface area contributed by atoms with Crippen LogP contribution in [0.25, 0.3) is 11.1 Å². The van der Waals surface area contributed by atoms with Gasteiger partial charge in [0.15, 0.2) is 0 Å². The van der Waals surface area contributed by atoms with Crippen molar-refractivity contribution in [1.29, 1.82) is 0 Å². The van der Waals surface area contributed by atoms with Crippen LogP contribution in [0.5, 0.6) is 0 Å². The quantitative estimate of drug-likeness (QED) is 0.692. The number of rotatable bonds is 4. The fourth-order valence-corrected chi connectivity index (χ4v) is 2.35. The normalized spacial score (nSPS) is 10.9. The Morgan fingerprint density at radius 1 is 0.917 bits per heavy atom. The maximum absolute atomic E-state index is 12.9. The molecule has 0 radical (unpaired) electrons. The van der Waals surface area contributed by atoms with Crippen molar-refractivity contribution in [2.24, 2.45) is 4.99 Å². The van der Waals surface area contributed by atoms with Crippen LogP contribution in [0.1, 0.15) is 15.9 Å². The number of aromatic carboxylic acids is 1. The van der Waals surface area contributed by atoms with Crippen molar-refractivity contribution < 1.29 is 14.3 Å². The Kier molecular flexibility index (Phi) is 4.47. The fraction of sp³-hybridized carbons (Fsp3) is 0. The molecule has 0 aromatic heterocycles. The Bertz CT molecular complexity index is 887. The summed E-state index contributed by atoms with van der Waals surface area (Å²) in [7, 11) is 0. The Hall–Kier alpha value is -3.27. The van der Waals surface area contributed by atoms with E-state index < -0.39 is 5.97 Å². The molecular weight excluding hydrogens is 305 g/mol. The molecule has 0 atom stereocenters. The topological polar surface area (TPSA) is 49.7 Å². The number of aliphatic imine (C=N–C) groups is 1. The number of hydrogen-bond acceptors (Lipinski definition) is 2. The Balaban J connectivity index is 2.00. The van der Waals surface area contributed by atoms with Crippen molar-refractivity contribution >= 4 is 17.9 Å². The van der Waals surface area contributed by atoms with Crippen LogP contribution in [0.2, 0.25) is 0 Å². The smallest absolute Gasteiger partial charge is 0.336 e. The third kappa shape index (κ3) is 3.55. The van der Waals surface area contributed by atoms with Crippen molar-refractivity contribution in [2.75, 3.05) is 0 Å². The van der Waals surface area contributed by atoms with E-state index in [4.69, 9.17) is 0 Å². The Labute approximate surface area is 138 Å². The van der Waals surface area contributed by atoms with Crippen LogP contribution in [-0.4, -0.2) is 17.3 Å². The summed E-state index contributed by atoms with van der Waals surface area (Å²) < 4.78 is 12.9. The molecule has 0 aliphatic rings. The molecule has 118 valence electrons. The number of halogens is 1. The van der Waals surface area contributed by atoms with E-state index in [1.54, 1.807) is 18.2 Å². The van der Waals surface area contributed by atoms with Gasteiger partial charge in [-0.2, -0.15) is 0 Å². The van der Waals surface area contributed by atoms with E-state index in [9.17, 15) is 14.3 Å². The van der Waals surface area contributed by atoms with Crippen LogP contribution in [0.4, 0.5) is 10.1 Å². The van der Waals surface area contributed by atoms with Crippen molar-refractivity contribution in [3.8, 4) is 11.1 Å². The van der Waals surface area contributed by atoms with Gasteiger partial charge in [-0.25, -0.2) is 9.18 Å². The Morgan fingerprint density at radius 2 is 1.62 bits per heavy atom. The van der Waals surface area contributed by atoms with Gasteiger partial charge in [-0.3, -0.25) is 4.99 Å². The summed E-state index contributed by atoms with van der Waals surface area (Å²) in [4.78, 5) is 15.7. The van der Waals surface area contributed by atoms with E-state index in [1.165, 1.54) is 30.5 Å². The minimum absolute atomic E-state index is 0.167. The average molecular weight is 319 g/mol. The molecule has 1 N–H and O–H groups in total. The first-order valence-electron chi connectivity index (χ1n) is 7.36. The standard InChI is InChI=1S/C20H14FNO2/c21-17-7-9-18(10-8-17)22-13-16-12-15(6-11-19(16)20(23)24)14-4-2-1-3-5-14/h1-13H,(H,23,24). The Morgan fingerprint density at radius 3 is 2.29 bits per heavy atom. The summed E-state index contributed by atoms with van der Waals surface area (Å²) in [6.07, 6.45) is 1.49. The molecule has 0 saturated carbocycles. The summed E-state index contributed by atoms with van der Waals surface area (Å²) in [6, 6.07) is 20.5. The van der Waals surface area contributed by atoms with Gasteiger partial charge in [0.2, 0.25) is 0 Å². The minimum Gasteiger partial charge on any atom is -0.478 e. The van der Waals surface area contributed by atoms with E-state index in [0.717, 1.165) is 11.1 Å². The molecule has 0 saturated heterocycles. The molecule has 0 spiro atoms. The van der Waals surface area contributed by atoms with Gasteiger partial charge < -0.3 is 5.11 Å². The SMILES string of the molecule is O=C(O)c1ccc(-c2ccccc2)cc1C=Nc1ccc(F)cc1. The lowest BCUT2D eigenvalue weighted by Gasteiger charge is -2.06. The van der Waals surface area contributed by atoms with Crippen molar-refractivity contribution in [2.45, 2.75) is 0 Å². The lowest BCUT2D eigenvalue weighted by molar-refractivity contribution is 0.0697. The van der Waals surface area contributed by atoms with Crippen molar-refractivity contribution in [1.82, 2.24) is 0 Å². The minimum atomic E-state index is -1.02. The van der Waals surface area contributed by atoms with Crippen LogP contribution in [0.15, 0.2) is 77.8 Å². The highest BCUT2D eigenvalue weighted by Gasteiger charge is 2.10. The van der Waals surface area contributed by atoms with Crippen LogP contribution >= 0.6 is 0 Å². The molecule has 3 aromatic carbocycles. The second-order valence-electron chi connectivity index (χ2n) is 5.21. The first-order valence-corrected chi connectivity index (χ1v) is 7.36. The summed E-state index contributed by atoms with van der Waals surface area (Å²) in [6.45, 7) is 0. The number of benzene rings is 3. The molecule has 3 rings (SSSR count). The lowest BCUT2D eigenvalue weighted by Crippen LogP contribution is -2.02. The van der Waals surface area contributed by atoms with Gasteiger partial charge in [0.05, 0.1) is 11.3 Å². The molecule has 24 heavy (non-hydrogen) atoms. The van der Waals surface area contributed by atoms with Crippen molar-refractivity contribution in [3.05, 3.63) is 89.7 Å². The third-order valence-corrected chi connectivity index (χ3v) is 3.57. The number of carboxylic acids is 1. The van der Waals surface area contributed by atoms with Gasteiger partial charge in [0.1, 0.15) is 5.82 Å². The highest BCUT2D eigenvalue weighted by molar-refractivity contribution is 6.00. The number of carboxylic acid groups (broad SMARTS) is 1. The number of hydrogen-bond donors (Lipinski definition) is 1. The largest absolute Gasteiger partial charge is 0.478 e. The van der Waals surface area contributed by atoms with Gasteiger partial charge in [0.25, 0.3) is 0 Å². The van der Waals surface area contributed by atoms with Crippen molar-refractivity contribution in [3.63, 3.8) is 0 Å². The van der Waals surface area contributed by atoms with E-state index in [2.05, 4.69) is 4.99 Å². The molecule has 0 amide bonds. The van der Waals surface area contributed by atoms with Gasteiger partial charge >= 0.3 is 5.97 Å². The summed E-state index contributed by atoms with van der Waals surface area (Å²) in [5.41, 5.74) is 3.11. The molecule has 0 bridgehead atoms. The zero-order valence-electron chi connectivity index (χ0n) is 12.7. The molecule has 3 nitrogen and oxygen atoms in total. The first-order chi connectivity index (χ1) is 11.6. The maximum atomic E-state index is 12.9. The molecule has 0 unspecified atom stereocenters. The number of carbonyl (C=O) groups is 1. The first kappa shape index (κ1) is 15.6. The van der Waals surface area contributed by atoms with E-state index in [0.29, 0.717) is 11.3 Å². The highest BCUT2D eigenvalue weighted by Crippen LogP contribution is 2.22. The zero-order chi connectivity index (χ0) is 16.9. The molecule has 3 aromatic rings. The highest BCUT2D eigenvalue weighted by atomic mass is 19.1. The maximum Gasteiger partial charge on any atom is 0.336 e. The van der Waals surface area contributed by atoms with Crippen LogP contribution in [-0.2, 0) is 0 Å². The van der Waals surface area contributed by atoms with Gasteiger partial charge in [-0.1, -0.05) is 36.4 Å². The molecule has 4 heteroatoms. The van der Waals surface area contributed by atoms with E-state index >= 15 is 0 Å². The average Bonchev–Trinajstić information content (AvgIpc) is 2.61. The van der Waals surface area contributed by atoms with Gasteiger partial charge in [-0.15, -0.1) is 0 Å². The second-order valence-corrected chi connectivity index (χ2v) is 5.21. The zero-order valence-corrected chi connectivity index (χ0v) is 12.7. The predicted molar refractivity (Wildman–Crippen MR) is 92.5 cm³/mol. The fourth-order valence-electron chi connectivity index (χ4n) is 2.35. The molecule has 0 fully saturated rings. The van der Waals surface area contributed by atoms with Crippen LogP contribution in [0.3, 0.4) is 0 Å². The molecule has 0 heterocycles. The van der Waals surface area contributed by atoms with E-state index in [-0.39, 0.29) is 11.4 Å². The number of nitrogens with zero attached hydrogens (tertiary/aromatic N) is 1. The third-order valence-electron chi connectivity index (χ3n) is 3.57. The monoisotopic (exact) mass is 319 g/mol. The molecule has 0 aliphatic carbocycles. The summed E-state index contributed by atoms with van der Waals surface area (Å²) in [5.74, 6) is -1.36. The molecule has 0 aliphatic heterocycles. The lowest BCUT2D eigenvalue weighted by atomic mass is 9.99.